The van der Waals surface area contributed by atoms with E-state index >= 15 is 0 Å². The molecule has 0 saturated carbocycles. The van der Waals surface area contributed by atoms with E-state index in [2.05, 4.69) is 15.9 Å². The molecule has 1 N–H and O–H groups in total. The molecule has 0 spiro atoms. The Labute approximate surface area is 78.7 Å². The average Bonchev–Trinajstić information content (AvgIpc) is 2.04. The Morgan fingerprint density at radius 3 is 2.83 bits per heavy atom. The highest BCUT2D eigenvalue weighted by Gasteiger charge is 2.01. The minimum absolute atomic E-state index is 0.917. The Morgan fingerprint density at radius 1 is 1.25 bits per heavy atom. The fourth-order valence-electron chi connectivity index (χ4n) is 1.21. The third-order valence-electron chi connectivity index (χ3n) is 1.74. The lowest BCUT2D eigenvalue weighted by molar-refractivity contribution is -0.578. The average molecular weight is 223 g/mol. The zero-order valence-electron chi connectivity index (χ0n) is 6.29. The summed E-state index contributed by atoms with van der Waals surface area (Å²) in [7, 11) is 0. The van der Waals surface area contributed by atoms with Crippen molar-refractivity contribution in [3.8, 4) is 0 Å². The predicted molar refractivity (Wildman–Crippen MR) is 51.6 cm³/mol. The van der Waals surface area contributed by atoms with Crippen molar-refractivity contribution in [1.29, 1.82) is 0 Å². The maximum absolute atomic E-state index is 7.59. The second kappa shape index (κ2) is 2.75. The molecule has 0 fully saturated rings. The molecule has 2 nitrogen and oxygen atoms in total. The second-order valence-corrected chi connectivity index (χ2v) is 3.50. The van der Waals surface area contributed by atoms with Gasteiger partial charge in [0.1, 0.15) is 0 Å². The van der Waals surface area contributed by atoms with Gasteiger partial charge in [-0.15, -0.1) is 0 Å². The highest BCUT2D eigenvalue weighted by molar-refractivity contribution is 9.10. The van der Waals surface area contributed by atoms with Crippen molar-refractivity contribution in [2.45, 2.75) is 0 Å². The number of pyridine rings is 1. The summed E-state index contributed by atoms with van der Waals surface area (Å²) in [5, 5.41) is 1.07. The molecular weight excluding hydrogens is 216 g/mol. The summed E-state index contributed by atoms with van der Waals surface area (Å²) < 4.78 is 2.29. The molecule has 2 aromatic rings. The third kappa shape index (κ3) is 1.16. The van der Waals surface area contributed by atoms with Gasteiger partial charge in [-0.05, 0) is 28.1 Å². The van der Waals surface area contributed by atoms with Crippen LogP contribution in [0.25, 0.3) is 16.7 Å². The molecule has 1 aromatic carbocycles. The quantitative estimate of drug-likeness (QED) is 0.614. The van der Waals surface area contributed by atoms with Crippen LogP contribution in [0.5, 0.6) is 0 Å². The number of benzene rings is 1. The Balaban J connectivity index is 2.89. The van der Waals surface area contributed by atoms with Gasteiger partial charge < -0.3 is 5.84 Å². The third-order valence-corrected chi connectivity index (χ3v) is 2.18. The van der Waals surface area contributed by atoms with Gasteiger partial charge in [-0.2, -0.15) is 0 Å². The highest BCUT2D eigenvalue weighted by Crippen LogP contribution is 2.14. The molecule has 0 bridgehead atoms. The van der Waals surface area contributed by atoms with Gasteiger partial charge in [-0.25, -0.2) is 4.68 Å². The fourth-order valence-corrected chi connectivity index (χ4v) is 1.66. The Hall–Kier alpha value is -1.09. The molecular formula is C9H7BrN2. The number of aromatic nitrogens is 1. The Bertz CT molecular complexity index is 426. The summed E-state index contributed by atoms with van der Waals surface area (Å²) >= 11 is 3.34. The molecule has 60 valence electrons. The number of nitrogens with zero attached hydrogens (tertiary/aromatic N) is 1. The first-order chi connectivity index (χ1) is 5.77. The topological polar surface area (TPSA) is 27.7 Å². The van der Waals surface area contributed by atoms with Crippen molar-refractivity contribution < 1.29 is 4.68 Å². The molecule has 0 unspecified atom stereocenters. The zero-order valence-corrected chi connectivity index (χ0v) is 7.88. The molecule has 0 amide bonds. The Kier molecular flexibility index (Phi) is 1.73. The first-order valence-corrected chi connectivity index (χ1v) is 4.38. The van der Waals surface area contributed by atoms with Gasteiger partial charge in [0.15, 0.2) is 6.20 Å². The van der Waals surface area contributed by atoms with Crippen molar-refractivity contribution in [1.82, 2.24) is 0 Å². The predicted octanol–water partition coefficient (Wildman–Crippen LogP) is 2.71. The van der Waals surface area contributed by atoms with Crippen LogP contribution in [0.3, 0.4) is 0 Å². The maximum atomic E-state index is 7.59. The van der Waals surface area contributed by atoms with E-state index in [-0.39, 0.29) is 0 Å². The summed E-state index contributed by atoms with van der Waals surface area (Å²) in [6, 6.07) is 9.82. The fraction of sp³-hybridized carbons (Fsp3) is 0. The molecule has 1 aromatic heterocycles. The molecule has 12 heavy (non-hydrogen) atoms. The smallest absolute Gasteiger partial charge is 0.207 e. The van der Waals surface area contributed by atoms with E-state index < -0.39 is 0 Å². The van der Waals surface area contributed by atoms with E-state index in [0.29, 0.717) is 0 Å². The first kappa shape index (κ1) is 7.55. The number of nitrogens with one attached hydrogen (secondary N) is 1. The van der Waals surface area contributed by atoms with Crippen molar-refractivity contribution in [3.63, 3.8) is 0 Å². The highest BCUT2D eigenvalue weighted by atomic mass is 79.9. The molecule has 0 radical (unpaired) electrons. The van der Waals surface area contributed by atoms with E-state index in [1.54, 1.807) is 6.20 Å². The minimum atomic E-state index is 0.917. The lowest BCUT2D eigenvalue weighted by Gasteiger charge is -2.00. The minimum Gasteiger partial charge on any atom is -0.448 e. The lowest BCUT2D eigenvalue weighted by Crippen LogP contribution is -2.23. The van der Waals surface area contributed by atoms with Gasteiger partial charge >= 0.3 is 0 Å². The van der Waals surface area contributed by atoms with E-state index in [1.807, 2.05) is 30.3 Å². The summed E-state index contributed by atoms with van der Waals surface area (Å²) in [5.41, 5.74) is 0.917. The van der Waals surface area contributed by atoms with Crippen LogP contribution in [-0.4, -0.2) is 0 Å². The monoisotopic (exact) mass is 222 g/mol. The van der Waals surface area contributed by atoms with Crippen LogP contribution in [-0.2, 0) is 0 Å². The largest absolute Gasteiger partial charge is 0.448 e. The van der Waals surface area contributed by atoms with E-state index in [1.165, 1.54) is 4.68 Å². The van der Waals surface area contributed by atoms with Crippen molar-refractivity contribution >= 4 is 26.8 Å². The van der Waals surface area contributed by atoms with Crippen LogP contribution < -0.4 is 4.68 Å². The van der Waals surface area contributed by atoms with Crippen molar-refractivity contribution in [3.05, 3.63) is 46.8 Å². The first-order valence-electron chi connectivity index (χ1n) is 3.59. The summed E-state index contributed by atoms with van der Waals surface area (Å²) in [6.45, 7) is 0. The van der Waals surface area contributed by atoms with E-state index in [4.69, 9.17) is 5.84 Å². The number of halogens is 1. The molecule has 1 heterocycles. The number of fused-ring (bicyclic) bond motifs is 1. The van der Waals surface area contributed by atoms with Crippen LogP contribution in [0.1, 0.15) is 0 Å². The van der Waals surface area contributed by atoms with Crippen LogP contribution in [0.15, 0.2) is 41.0 Å². The van der Waals surface area contributed by atoms with E-state index in [0.717, 1.165) is 15.4 Å². The molecule has 0 saturated heterocycles. The van der Waals surface area contributed by atoms with Crippen LogP contribution in [0.2, 0.25) is 0 Å². The van der Waals surface area contributed by atoms with Crippen LogP contribution >= 0.6 is 15.9 Å². The summed E-state index contributed by atoms with van der Waals surface area (Å²) in [6.07, 6.45) is 1.72. The Morgan fingerprint density at radius 2 is 2.00 bits per heavy atom. The number of para-hydroxylation sites is 1. The number of hydrogen-bond acceptors (Lipinski definition) is 0. The van der Waals surface area contributed by atoms with Gasteiger partial charge in [-0.3, -0.25) is 0 Å². The summed E-state index contributed by atoms with van der Waals surface area (Å²) in [5.74, 6) is 7.59. The van der Waals surface area contributed by atoms with Crippen LogP contribution in [0, 0.1) is 0 Å². The standard InChI is InChI=1S/C9H7BrN2/c10-8-5-7-3-1-2-4-9(7)12(11)6-8/h1-6,11H. The second-order valence-electron chi connectivity index (χ2n) is 2.59. The normalized spacial score (nSPS) is 10.4. The van der Waals surface area contributed by atoms with Gasteiger partial charge in [0.05, 0.1) is 4.47 Å². The SMILES string of the molecule is [NH-][n+]1cc(Br)cc2ccccc21. The van der Waals surface area contributed by atoms with Crippen molar-refractivity contribution in [2.75, 3.05) is 0 Å². The molecule has 0 aliphatic rings. The van der Waals surface area contributed by atoms with Gasteiger partial charge in [0.25, 0.3) is 0 Å². The van der Waals surface area contributed by atoms with Crippen LogP contribution in [0.4, 0.5) is 0 Å². The van der Waals surface area contributed by atoms with Gasteiger partial charge in [0, 0.05) is 11.5 Å². The van der Waals surface area contributed by atoms with E-state index in [9.17, 15) is 0 Å². The number of rotatable bonds is 0. The molecule has 3 heteroatoms. The molecule has 0 aliphatic carbocycles. The molecule has 2 rings (SSSR count). The number of hydrogen-bond donors (Lipinski definition) is 0. The maximum Gasteiger partial charge on any atom is 0.207 e. The summed E-state index contributed by atoms with van der Waals surface area (Å²) in [4.78, 5) is 0. The van der Waals surface area contributed by atoms with Gasteiger partial charge in [0.2, 0.25) is 5.52 Å². The molecule has 0 aliphatic heterocycles. The van der Waals surface area contributed by atoms with Gasteiger partial charge in [-0.1, -0.05) is 12.1 Å². The zero-order chi connectivity index (χ0) is 8.55. The van der Waals surface area contributed by atoms with Crippen molar-refractivity contribution in [2.24, 2.45) is 0 Å². The lowest BCUT2D eigenvalue weighted by atomic mass is 10.2. The molecule has 0 atom stereocenters.